The van der Waals surface area contributed by atoms with E-state index in [4.69, 9.17) is 4.74 Å². The van der Waals surface area contributed by atoms with Crippen LogP contribution in [0.15, 0.2) is 0 Å². The van der Waals surface area contributed by atoms with E-state index in [1.807, 2.05) is 0 Å². The van der Waals surface area contributed by atoms with Crippen LogP contribution in [0, 0.1) is 11.8 Å². The van der Waals surface area contributed by atoms with Crippen LogP contribution in [0.25, 0.3) is 0 Å². The molecule has 0 N–H and O–H groups in total. The van der Waals surface area contributed by atoms with E-state index in [9.17, 15) is 4.79 Å². The van der Waals surface area contributed by atoms with Crippen molar-refractivity contribution < 1.29 is 9.53 Å². The molecule has 56 valence electrons. The lowest BCUT2D eigenvalue weighted by molar-refractivity contribution is -0.151. The molecule has 1 saturated carbocycles. The summed E-state index contributed by atoms with van der Waals surface area (Å²) in [7, 11) is 0. The number of carbonyl (C=O) groups excluding carboxylic acids is 1. The van der Waals surface area contributed by atoms with Gasteiger partial charge in [-0.15, -0.1) is 0 Å². The molecule has 0 aromatic carbocycles. The Bertz CT molecular complexity index is 153. The number of rotatable bonds is 0. The molecule has 2 fully saturated rings. The zero-order valence-corrected chi connectivity index (χ0v) is 6.01. The first-order valence-electron chi connectivity index (χ1n) is 4.02. The molecular weight excluding hydrogens is 128 g/mol. The van der Waals surface area contributed by atoms with Crippen LogP contribution in [0.2, 0.25) is 0 Å². The van der Waals surface area contributed by atoms with Crippen LogP contribution in [-0.4, -0.2) is 12.6 Å². The zero-order valence-electron chi connectivity index (χ0n) is 6.01. The molecule has 0 spiro atoms. The van der Waals surface area contributed by atoms with Crippen LogP contribution in [0.4, 0.5) is 0 Å². The van der Waals surface area contributed by atoms with Crippen molar-refractivity contribution in [3.63, 3.8) is 0 Å². The fraction of sp³-hybridized carbons (Fsp3) is 0.875. The van der Waals surface area contributed by atoms with Gasteiger partial charge < -0.3 is 4.74 Å². The number of fused-ring (bicyclic) bond motifs is 1. The summed E-state index contributed by atoms with van der Waals surface area (Å²) in [5.41, 5.74) is 0. The average molecular weight is 140 g/mol. The van der Waals surface area contributed by atoms with E-state index in [1.165, 1.54) is 19.3 Å². The molecule has 1 aliphatic carbocycles. The fourth-order valence-corrected chi connectivity index (χ4v) is 2.07. The van der Waals surface area contributed by atoms with E-state index in [-0.39, 0.29) is 5.97 Å². The maximum absolute atomic E-state index is 10.8. The first kappa shape index (κ1) is 6.20. The molecule has 0 aromatic rings. The van der Waals surface area contributed by atoms with Gasteiger partial charge in [-0.05, 0) is 24.7 Å². The Hall–Kier alpha value is -0.530. The standard InChI is InChI=1S/C8H12O2/c9-8-4-6-2-1-3-7(6)5-10-8/h6-7H,1-5H2/t6-,7-/m1/s1. The van der Waals surface area contributed by atoms with Gasteiger partial charge in [-0.1, -0.05) is 6.42 Å². The molecule has 0 aromatic heterocycles. The van der Waals surface area contributed by atoms with Gasteiger partial charge in [-0.2, -0.15) is 0 Å². The van der Waals surface area contributed by atoms with Crippen LogP contribution in [-0.2, 0) is 9.53 Å². The van der Waals surface area contributed by atoms with Crippen LogP contribution < -0.4 is 0 Å². The molecule has 10 heavy (non-hydrogen) atoms. The van der Waals surface area contributed by atoms with E-state index in [1.54, 1.807) is 0 Å². The molecular formula is C8H12O2. The lowest BCUT2D eigenvalue weighted by atomic mass is 9.92. The molecule has 1 saturated heterocycles. The third-order valence-corrected chi connectivity index (χ3v) is 2.70. The number of carbonyl (C=O) groups is 1. The van der Waals surface area contributed by atoms with Crippen molar-refractivity contribution in [3.05, 3.63) is 0 Å². The van der Waals surface area contributed by atoms with Crippen LogP contribution in [0.5, 0.6) is 0 Å². The second-order valence-corrected chi connectivity index (χ2v) is 3.34. The Morgan fingerprint density at radius 2 is 2.10 bits per heavy atom. The van der Waals surface area contributed by atoms with Gasteiger partial charge in [-0.25, -0.2) is 0 Å². The van der Waals surface area contributed by atoms with Gasteiger partial charge in [0.05, 0.1) is 6.61 Å². The van der Waals surface area contributed by atoms with Crippen LogP contribution >= 0.6 is 0 Å². The number of cyclic esters (lactones) is 1. The highest BCUT2D eigenvalue weighted by Gasteiger charge is 2.33. The molecule has 0 bridgehead atoms. The lowest BCUT2D eigenvalue weighted by Gasteiger charge is -2.23. The lowest BCUT2D eigenvalue weighted by Crippen LogP contribution is -2.26. The molecule has 2 heteroatoms. The van der Waals surface area contributed by atoms with Crippen LogP contribution in [0.1, 0.15) is 25.7 Å². The van der Waals surface area contributed by atoms with Crippen molar-refractivity contribution in [2.24, 2.45) is 11.8 Å². The molecule has 1 aliphatic heterocycles. The number of hydrogen-bond donors (Lipinski definition) is 0. The average Bonchev–Trinajstić information content (AvgIpc) is 2.33. The van der Waals surface area contributed by atoms with Gasteiger partial charge >= 0.3 is 5.97 Å². The van der Waals surface area contributed by atoms with Crippen molar-refractivity contribution in [1.29, 1.82) is 0 Å². The third kappa shape index (κ3) is 0.917. The molecule has 1 heterocycles. The van der Waals surface area contributed by atoms with E-state index in [0.29, 0.717) is 24.9 Å². The Morgan fingerprint density at radius 3 is 3.00 bits per heavy atom. The molecule has 0 unspecified atom stereocenters. The fourth-order valence-electron chi connectivity index (χ4n) is 2.07. The van der Waals surface area contributed by atoms with Gasteiger partial charge in [-0.3, -0.25) is 4.79 Å². The molecule has 2 nitrogen and oxygen atoms in total. The van der Waals surface area contributed by atoms with Gasteiger partial charge in [0.15, 0.2) is 0 Å². The number of hydrogen-bond acceptors (Lipinski definition) is 2. The normalized spacial score (nSPS) is 39.0. The predicted molar refractivity (Wildman–Crippen MR) is 36.4 cm³/mol. The largest absolute Gasteiger partial charge is 0.465 e. The van der Waals surface area contributed by atoms with E-state index >= 15 is 0 Å². The summed E-state index contributed by atoms with van der Waals surface area (Å²) in [4.78, 5) is 10.8. The summed E-state index contributed by atoms with van der Waals surface area (Å²) < 4.78 is 4.95. The van der Waals surface area contributed by atoms with Gasteiger partial charge in [0.2, 0.25) is 0 Å². The Labute approximate surface area is 60.6 Å². The number of ether oxygens (including phenoxy) is 1. The summed E-state index contributed by atoms with van der Waals surface area (Å²) in [6.45, 7) is 0.698. The second kappa shape index (κ2) is 2.26. The zero-order chi connectivity index (χ0) is 6.97. The Kier molecular flexibility index (Phi) is 1.40. The molecule has 2 aliphatic rings. The first-order valence-corrected chi connectivity index (χ1v) is 4.02. The highest BCUT2D eigenvalue weighted by atomic mass is 16.5. The predicted octanol–water partition coefficient (Wildman–Crippen LogP) is 1.35. The topological polar surface area (TPSA) is 26.3 Å². The van der Waals surface area contributed by atoms with E-state index in [0.717, 1.165) is 0 Å². The van der Waals surface area contributed by atoms with Gasteiger partial charge in [0.1, 0.15) is 0 Å². The number of esters is 1. The first-order chi connectivity index (χ1) is 4.86. The molecule has 0 amide bonds. The van der Waals surface area contributed by atoms with E-state index in [2.05, 4.69) is 0 Å². The smallest absolute Gasteiger partial charge is 0.306 e. The van der Waals surface area contributed by atoms with E-state index < -0.39 is 0 Å². The minimum absolute atomic E-state index is 0.0168. The third-order valence-electron chi connectivity index (χ3n) is 2.70. The summed E-state index contributed by atoms with van der Waals surface area (Å²) in [5, 5.41) is 0. The van der Waals surface area contributed by atoms with Crippen molar-refractivity contribution >= 4 is 5.97 Å². The maximum atomic E-state index is 10.8. The summed E-state index contributed by atoms with van der Waals surface area (Å²) in [5.74, 6) is 1.39. The SMILES string of the molecule is O=C1C[C@H]2CCC[C@@H]2CO1. The molecule has 0 radical (unpaired) electrons. The van der Waals surface area contributed by atoms with Crippen molar-refractivity contribution in [2.45, 2.75) is 25.7 Å². The van der Waals surface area contributed by atoms with Gasteiger partial charge in [0.25, 0.3) is 0 Å². The Morgan fingerprint density at radius 1 is 1.30 bits per heavy atom. The summed E-state index contributed by atoms with van der Waals surface area (Å²) in [6.07, 6.45) is 4.51. The highest BCUT2D eigenvalue weighted by molar-refractivity contribution is 5.70. The van der Waals surface area contributed by atoms with Crippen molar-refractivity contribution in [2.75, 3.05) is 6.61 Å². The summed E-state index contributed by atoms with van der Waals surface area (Å²) >= 11 is 0. The van der Waals surface area contributed by atoms with Gasteiger partial charge in [0, 0.05) is 6.42 Å². The molecule has 2 atom stereocenters. The monoisotopic (exact) mass is 140 g/mol. The van der Waals surface area contributed by atoms with Crippen LogP contribution in [0.3, 0.4) is 0 Å². The van der Waals surface area contributed by atoms with Crippen molar-refractivity contribution in [1.82, 2.24) is 0 Å². The molecule has 2 rings (SSSR count). The Balaban J connectivity index is 2.03. The highest BCUT2D eigenvalue weighted by Crippen LogP contribution is 2.36. The minimum atomic E-state index is 0.0168. The maximum Gasteiger partial charge on any atom is 0.306 e. The van der Waals surface area contributed by atoms with Crippen molar-refractivity contribution in [3.8, 4) is 0 Å². The quantitative estimate of drug-likeness (QED) is 0.475. The summed E-state index contributed by atoms with van der Waals surface area (Å²) in [6, 6.07) is 0. The minimum Gasteiger partial charge on any atom is -0.465 e. The second-order valence-electron chi connectivity index (χ2n) is 3.34.